The number of aliphatic carboxylic acids is 1. The fourth-order valence-corrected chi connectivity index (χ4v) is 8.26. The van der Waals surface area contributed by atoms with Crippen molar-refractivity contribution >= 4 is 35.5 Å². The molecule has 1 aliphatic heterocycles. The van der Waals surface area contributed by atoms with Crippen LogP contribution in [0.15, 0.2) is 30.3 Å². The molecule has 0 unspecified atom stereocenters. The van der Waals surface area contributed by atoms with Crippen molar-refractivity contribution in [2.45, 2.75) is 181 Å². The Labute approximate surface area is 382 Å². The lowest BCUT2D eigenvalue weighted by molar-refractivity contribution is -0.148. The second-order valence-corrected chi connectivity index (χ2v) is 19.9. The number of nitrogens with zero attached hydrogens (tertiary/aromatic N) is 2. The molecule has 1 aromatic rings. The van der Waals surface area contributed by atoms with Crippen LogP contribution in [0.2, 0.25) is 0 Å². The third-order valence-corrected chi connectivity index (χ3v) is 12.6. The number of likely N-dealkylation sites (tertiary alicyclic amines) is 1. The summed E-state index contributed by atoms with van der Waals surface area (Å²) in [5.74, 6) is -4.34. The molecule has 16 heteroatoms. The lowest BCUT2D eigenvalue weighted by atomic mass is 9.89. The SMILES string of the molecule is CC[C@H](C)[C@@H]([C@@H](CC(=O)N1CCC[C@H]1[C@H](OC)[C@@H](C)C(=O)N[C@@H](Cc1ccccc1)C(=O)O)OC)N(C)C(=O)[C@@H](NC(=O)C(C)(C)NC(=O)CCC(C)(C)OCCC(C)(C)N)C(C)C. The molecule has 8 atom stereocenters. The molecule has 0 bridgehead atoms. The first kappa shape index (κ1) is 56.0. The van der Waals surface area contributed by atoms with Crippen LogP contribution in [0.1, 0.15) is 127 Å². The Morgan fingerprint density at radius 1 is 0.938 bits per heavy atom. The van der Waals surface area contributed by atoms with Crippen molar-refractivity contribution in [1.82, 2.24) is 25.8 Å². The lowest BCUT2D eigenvalue weighted by Gasteiger charge is -2.41. The smallest absolute Gasteiger partial charge is 0.326 e. The summed E-state index contributed by atoms with van der Waals surface area (Å²) < 4.78 is 17.9. The third kappa shape index (κ3) is 17.0. The Hall–Kier alpha value is -4.12. The van der Waals surface area contributed by atoms with Gasteiger partial charge in [-0.2, -0.15) is 0 Å². The van der Waals surface area contributed by atoms with Crippen molar-refractivity contribution in [1.29, 1.82) is 0 Å². The van der Waals surface area contributed by atoms with Gasteiger partial charge < -0.3 is 50.8 Å². The first-order valence-electron chi connectivity index (χ1n) is 22.9. The highest BCUT2D eigenvalue weighted by Gasteiger charge is 2.44. The number of likely N-dealkylation sites (N-methyl/N-ethyl adjacent to an activating group) is 1. The average Bonchev–Trinajstić information content (AvgIpc) is 3.70. The number of hydrogen-bond donors (Lipinski definition) is 5. The van der Waals surface area contributed by atoms with Gasteiger partial charge in [-0.05, 0) is 84.6 Å². The van der Waals surface area contributed by atoms with Crippen LogP contribution >= 0.6 is 0 Å². The Bertz CT molecular complexity index is 1680. The summed E-state index contributed by atoms with van der Waals surface area (Å²) in [6.07, 6.45) is 1.70. The van der Waals surface area contributed by atoms with Gasteiger partial charge in [0.1, 0.15) is 17.6 Å². The number of ether oxygens (including phenoxy) is 3. The molecule has 1 fully saturated rings. The van der Waals surface area contributed by atoms with Crippen LogP contribution in [0, 0.1) is 17.8 Å². The minimum atomic E-state index is -1.35. The van der Waals surface area contributed by atoms with Crippen molar-refractivity contribution < 1.29 is 48.1 Å². The van der Waals surface area contributed by atoms with E-state index in [2.05, 4.69) is 16.0 Å². The fourth-order valence-electron chi connectivity index (χ4n) is 8.26. The van der Waals surface area contributed by atoms with E-state index in [0.29, 0.717) is 45.3 Å². The minimum absolute atomic E-state index is 0.0700. The summed E-state index contributed by atoms with van der Waals surface area (Å²) in [6, 6.07) is 5.91. The number of carboxylic acid groups (broad SMARTS) is 1. The van der Waals surface area contributed by atoms with Gasteiger partial charge in [0.25, 0.3) is 0 Å². The van der Waals surface area contributed by atoms with Crippen molar-refractivity contribution in [3.63, 3.8) is 0 Å². The van der Waals surface area contributed by atoms with Gasteiger partial charge >= 0.3 is 5.97 Å². The standard InChI is InChI=1S/C48H82N6O10/c1-15-31(4)40(53(12)43(58)39(30(2)3)51-45(61)48(10,11)52-37(55)23-24-47(8,9)64-27-25-46(6,7)49)36(62-13)29-38(56)54-26-19-22-35(54)41(63-14)32(5)42(57)50-34(44(59)60)28-33-20-17-16-18-21-33/h16-18,20-21,30-32,34-36,39-41H,15,19,22-29,49H2,1-14H3,(H,50,57)(H,51,61)(H,52,55)(H,59,60)/t31-,32+,34-,35-,36+,39-,40-,41+/m0/s1. The summed E-state index contributed by atoms with van der Waals surface area (Å²) in [6.45, 7) is 21.1. The molecule has 16 nitrogen and oxygen atoms in total. The highest BCUT2D eigenvalue weighted by Crippen LogP contribution is 2.30. The number of rotatable bonds is 27. The van der Waals surface area contributed by atoms with Gasteiger partial charge in [-0.25, -0.2) is 4.79 Å². The molecule has 0 radical (unpaired) electrons. The quantitative estimate of drug-likeness (QED) is 0.0831. The van der Waals surface area contributed by atoms with E-state index in [1.165, 1.54) is 14.2 Å². The van der Waals surface area contributed by atoms with E-state index in [1.807, 2.05) is 73.6 Å². The Morgan fingerprint density at radius 2 is 1.56 bits per heavy atom. The van der Waals surface area contributed by atoms with Crippen LogP contribution in [0.3, 0.4) is 0 Å². The van der Waals surface area contributed by atoms with Gasteiger partial charge in [0, 0.05) is 52.8 Å². The second kappa shape index (κ2) is 25.0. The largest absolute Gasteiger partial charge is 0.480 e. The molecule has 1 aliphatic rings. The molecule has 1 aromatic carbocycles. The number of benzene rings is 1. The van der Waals surface area contributed by atoms with Crippen LogP contribution < -0.4 is 21.7 Å². The van der Waals surface area contributed by atoms with Crippen molar-refractivity contribution in [2.24, 2.45) is 23.5 Å². The van der Waals surface area contributed by atoms with Gasteiger partial charge in [0.15, 0.2) is 0 Å². The van der Waals surface area contributed by atoms with Crippen molar-refractivity contribution in [2.75, 3.05) is 34.4 Å². The molecule has 1 heterocycles. The van der Waals surface area contributed by atoms with Gasteiger partial charge in [-0.1, -0.05) is 71.4 Å². The molecule has 0 aliphatic carbocycles. The summed E-state index contributed by atoms with van der Waals surface area (Å²) in [5, 5.41) is 18.3. The zero-order valence-electron chi connectivity index (χ0n) is 41.2. The van der Waals surface area contributed by atoms with Crippen LogP contribution in [-0.2, 0) is 49.4 Å². The number of hydrogen-bond acceptors (Lipinski definition) is 10. The van der Waals surface area contributed by atoms with Crippen LogP contribution in [0.25, 0.3) is 0 Å². The molecule has 64 heavy (non-hydrogen) atoms. The number of amides is 5. The molecule has 364 valence electrons. The van der Waals surface area contributed by atoms with E-state index in [0.717, 1.165) is 5.56 Å². The Morgan fingerprint density at radius 3 is 2.09 bits per heavy atom. The zero-order chi connectivity index (χ0) is 48.7. The second-order valence-electron chi connectivity index (χ2n) is 19.9. The molecular weight excluding hydrogens is 821 g/mol. The van der Waals surface area contributed by atoms with Crippen molar-refractivity contribution in [3.8, 4) is 0 Å². The average molecular weight is 903 g/mol. The maximum absolute atomic E-state index is 14.5. The number of carboxylic acids is 1. The fraction of sp³-hybridized carbons (Fsp3) is 0.750. The number of nitrogens with two attached hydrogens (primary N) is 1. The molecule has 1 saturated heterocycles. The van der Waals surface area contributed by atoms with Crippen molar-refractivity contribution in [3.05, 3.63) is 35.9 Å². The highest BCUT2D eigenvalue weighted by molar-refractivity contribution is 5.94. The van der Waals surface area contributed by atoms with E-state index in [1.54, 1.807) is 49.8 Å². The van der Waals surface area contributed by atoms with E-state index in [4.69, 9.17) is 19.9 Å². The Kier molecular flexibility index (Phi) is 21.9. The van der Waals surface area contributed by atoms with Gasteiger partial charge in [0.2, 0.25) is 29.5 Å². The molecule has 0 aromatic heterocycles. The molecule has 6 N–H and O–H groups in total. The number of nitrogens with one attached hydrogen (secondary N) is 3. The maximum atomic E-state index is 14.5. The topological polar surface area (TPSA) is 219 Å². The molecule has 2 rings (SSSR count). The number of carbonyl (C=O) groups excluding carboxylic acids is 5. The Balaban J connectivity index is 2.20. The van der Waals surface area contributed by atoms with Gasteiger partial charge in [-0.15, -0.1) is 0 Å². The van der Waals surface area contributed by atoms with Gasteiger partial charge in [-0.3, -0.25) is 24.0 Å². The number of methoxy groups -OCH3 is 2. The van der Waals surface area contributed by atoms with E-state index in [9.17, 15) is 33.9 Å². The lowest BCUT2D eigenvalue weighted by Crippen LogP contribution is -2.62. The minimum Gasteiger partial charge on any atom is -0.480 e. The number of carbonyl (C=O) groups is 6. The molecule has 0 spiro atoms. The van der Waals surface area contributed by atoms with E-state index >= 15 is 0 Å². The predicted octanol–water partition coefficient (Wildman–Crippen LogP) is 4.46. The molecular formula is C48H82N6O10. The van der Waals surface area contributed by atoms with Crippen LogP contribution in [0.4, 0.5) is 0 Å². The van der Waals surface area contributed by atoms with Crippen LogP contribution in [0.5, 0.6) is 0 Å². The highest BCUT2D eigenvalue weighted by atomic mass is 16.5. The van der Waals surface area contributed by atoms with Crippen LogP contribution in [-0.4, -0.2) is 138 Å². The first-order valence-corrected chi connectivity index (χ1v) is 22.9. The third-order valence-electron chi connectivity index (χ3n) is 12.6. The molecule has 5 amide bonds. The first-order chi connectivity index (χ1) is 29.7. The summed E-state index contributed by atoms with van der Waals surface area (Å²) in [5.41, 5.74) is 4.55. The van der Waals surface area contributed by atoms with E-state index < -0.39 is 71.2 Å². The molecule has 0 saturated carbocycles. The summed E-state index contributed by atoms with van der Waals surface area (Å²) in [4.78, 5) is 84.7. The summed E-state index contributed by atoms with van der Waals surface area (Å²) >= 11 is 0. The monoisotopic (exact) mass is 903 g/mol. The van der Waals surface area contributed by atoms with E-state index in [-0.39, 0.29) is 54.4 Å². The zero-order valence-corrected chi connectivity index (χ0v) is 41.2. The van der Waals surface area contributed by atoms with Gasteiger partial charge in [0.05, 0.1) is 42.2 Å². The maximum Gasteiger partial charge on any atom is 0.326 e. The summed E-state index contributed by atoms with van der Waals surface area (Å²) in [7, 11) is 4.64. The normalized spacial score (nSPS) is 18.0. The predicted molar refractivity (Wildman–Crippen MR) is 247 cm³/mol.